The molecule has 0 aliphatic heterocycles. The number of aromatic hydroxyl groups is 1. The van der Waals surface area contributed by atoms with E-state index in [4.69, 9.17) is 0 Å². The fourth-order valence-corrected chi connectivity index (χ4v) is 2.04. The Labute approximate surface area is 121 Å². The lowest BCUT2D eigenvalue weighted by Gasteiger charge is -2.09. The molecule has 5 heteroatoms. The van der Waals surface area contributed by atoms with Crippen LogP contribution in [0.4, 0.5) is 13.2 Å². The predicted molar refractivity (Wildman–Crippen MR) is 75.0 cm³/mol. The van der Waals surface area contributed by atoms with Gasteiger partial charge in [0.05, 0.1) is 5.56 Å². The first-order valence-corrected chi connectivity index (χ1v) is 6.60. The van der Waals surface area contributed by atoms with Gasteiger partial charge >= 0.3 is 6.18 Å². The smallest absolute Gasteiger partial charge is 0.416 e. The zero-order valence-corrected chi connectivity index (χ0v) is 11.3. The summed E-state index contributed by atoms with van der Waals surface area (Å²) in [6.45, 7) is 1.13. The molecule has 0 radical (unpaired) electrons. The Kier molecular flexibility index (Phi) is 4.85. The molecule has 0 heterocycles. The Morgan fingerprint density at radius 1 is 0.952 bits per heavy atom. The maximum Gasteiger partial charge on any atom is 0.416 e. The fraction of sp³-hybridized carbons (Fsp3) is 0.250. The van der Waals surface area contributed by atoms with Crippen LogP contribution in [0, 0.1) is 0 Å². The Bertz CT molecular complexity index is 596. The van der Waals surface area contributed by atoms with E-state index in [1.54, 1.807) is 24.3 Å². The Hall–Kier alpha value is -2.01. The predicted octanol–water partition coefficient (Wildman–Crippen LogP) is 3.74. The molecule has 2 N–H and O–H groups in total. The molecule has 2 aromatic carbocycles. The van der Waals surface area contributed by atoms with Gasteiger partial charge in [0.1, 0.15) is 5.75 Å². The molecule has 112 valence electrons. The van der Waals surface area contributed by atoms with Crippen LogP contribution in [0.15, 0.2) is 48.5 Å². The number of alkyl halides is 3. The van der Waals surface area contributed by atoms with Crippen LogP contribution in [0.5, 0.6) is 5.75 Å². The lowest BCUT2D eigenvalue weighted by atomic mass is 10.1. The van der Waals surface area contributed by atoms with E-state index in [9.17, 15) is 18.3 Å². The van der Waals surface area contributed by atoms with Crippen LogP contribution in [0.25, 0.3) is 0 Å². The first kappa shape index (κ1) is 15.4. The Balaban J connectivity index is 1.84. The maximum absolute atomic E-state index is 12.6. The van der Waals surface area contributed by atoms with Gasteiger partial charge in [0.15, 0.2) is 0 Å². The minimum Gasteiger partial charge on any atom is -0.508 e. The van der Waals surface area contributed by atoms with Crippen LogP contribution < -0.4 is 5.32 Å². The molecule has 0 unspecified atom stereocenters. The zero-order valence-electron chi connectivity index (χ0n) is 11.3. The highest BCUT2D eigenvalue weighted by Gasteiger charge is 2.30. The quantitative estimate of drug-likeness (QED) is 0.824. The fourth-order valence-electron chi connectivity index (χ4n) is 2.04. The molecule has 2 aromatic rings. The number of phenols is 1. The highest BCUT2D eigenvalue weighted by Crippen LogP contribution is 2.29. The largest absolute Gasteiger partial charge is 0.508 e. The minimum absolute atomic E-state index is 0.201. The Morgan fingerprint density at radius 2 is 1.67 bits per heavy atom. The summed E-state index contributed by atoms with van der Waals surface area (Å²) in [6, 6.07) is 12.2. The molecule has 0 amide bonds. The van der Waals surface area contributed by atoms with Gasteiger partial charge in [-0.25, -0.2) is 0 Å². The van der Waals surface area contributed by atoms with Crippen molar-refractivity contribution >= 4 is 0 Å². The van der Waals surface area contributed by atoms with Gasteiger partial charge in [-0.1, -0.05) is 30.3 Å². The normalized spacial score (nSPS) is 11.6. The number of hydrogen-bond acceptors (Lipinski definition) is 2. The van der Waals surface area contributed by atoms with Crippen molar-refractivity contribution in [3.63, 3.8) is 0 Å². The summed E-state index contributed by atoms with van der Waals surface area (Å²) in [6.07, 6.45) is -3.78. The number of halogens is 3. The van der Waals surface area contributed by atoms with E-state index in [0.29, 0.717) is 25.1 Å². The van der Waals surface area contributed by atoms with Gasteiger partial charge in [-0.3, -0.25) is 0 Å². The summed E-state index contributed by atoms with van der Waals surface area (Å²) in [5.74, 6) is 0.201. The van der Waals surface area contributed by atoms with Crippen LogP contribution in [-0.2, 0) is 19.1 Å². The monoisotopic (exact) mass is 295 g/mol. The standard InChI is InChI=1S/C16H16F3NO/c17-16(18,19)14-5-1-3-12(9-14)7-8-20-11-13-4-2-6-15(21)10-13/h1-6,9-10,20-21H,7-8,11H2. The molecule has 0 aliphatic rings. The Morgan fingerprint density at radius 3 is 2.38 bits per heavy atom. The van der Waals surface area contributed by atoms with E-state index in [0.717, 1.165) is 11.6 Å². The van der Waals surface area contributed by atoms with Crippen LogP contribution >= 0.6 is 0 Å². The second-order valence-corrected chi connectivity index (χ2v) is 4.79. The van der Waals surface area contributed by atoms with Gasteiger partial charge in [-0.15, -0.1) is 0 Å². The second kappa shape index (κ2) is 6.63. The summed E-state index contributed by atoms with van der Waals surface area (Å²) in [5, 5.41) is 12.5. The van der Waals surface area contributed by atoms with E-state index in [2.05, 4.69) is 5.32 Å². The first-order valence-electron chi connectivity index (χ1n) is 6.60. The topological polar surface area (TPSA) is 32.3 Å². The summed E-state index contributed by atoms with van der Waals surface area (Å²) in [7, 11) is 0. The van der Waals surface area contributed by atoms with E-state index >= 15 is 0 Å². The molecular formula is C16H16F3NO. The number of nitrogens with one attached hydrogen (secondary N) is 1. The van der Waals surface area contributed by atoms with Gasteiger partial charge in [-0.05, 0) is 42.3 Å². The highest BCUT2D eigenvalue weighted by molar-refractivity contribution is 5.27. The summed E-state index contributed by atoms with van der Waals surface area (Å²) in [4.78, 5) is 0. The zero-order chi connectivity index (χ0) is 15.3. The molecular weight excluding hydrogens is 279 g/mol. The number of hydrogen-bond donors (Lipinski definition) is 2. The molecule has 2 rings (SSSR count). The second-order valence-electron chi connectivity index (χ2n) is 4.79. The van der Waals surface area contributed by atoms with Gasteiger partial charge in [0.25, 0.3) is 0 Å². The van der Waals surface area contributed by atoms with Crippen LogP contribution in [0.2, 0.25) is 0 Å². The number of phenolic OH excluding ortho intramolecular Hbond substituents is 1. The summed E-state index contributed by atoms with van der Waals surface area (Å²) < 4.78 is 37.7. The maximum atomic E-state index is 12.6. The number of benzene rings is 2. The van der Waals surface area contributed by atoms with E-state index in [1.807, 2.05) is 6.07 Å². The van der Waals surface area contributed by atoms with Gasteiger partial charge in [0.2, 0.25) is 0 Å². The SMILES string of the molecule is Oc1cccc(CNCCc2cccc(C(F)(F)F)c2)c1. The summed E-state index contributed by atoms with van der Waals surface area (Å²) in [5.41, 5.74) is 0.959. The van der Waals surface area contributed by atoms with Crippen molar-refractivity contribution in [2.24, 2.45) is 0 Å². The average Bonchev–Trinajstić information content (AvgIpc) is 2.43. The molecule has 0 saturated carbocycles. The van der Waals surface area contributed by atoms with Crippen molar-refractivity contribution in [2.45, 2.75) is 19.1 Å². The van der Waals surface area contributed by atoms with E-state index in [1.165, 1.54) is 12.1 Å². The van der Waals surface area contributed by atoms with Gasteiger partial charge in [0, 0.05) is 6.54 Å². The van der Waals surface area contributed by atoms with E-state index in [-0.39, 0.29) is 5.75 Å². The van der Waals surface area contributed by atoms with Crippen molar-refractivity contribution in [1.29, 1.82) is 0 Å². The third-order valence-electron chi connectivity index (χ3n) is 3.08. The molecule has 0 atom stereocenters. The minimum atomic E-state index is -4.30. The molecule has 0 aliphatic carbocycles. The number of rotatable bonds is 5. The van der Waals surface area contributed by atoms with Crippen LogP contribution in [-0.4, -0.2) is 11.7 Å². The molecule has 2 nitrogen and oxygen atoms in total. The van der Waals surface area contributed by atoms with Crippen molar-refractivity contribution in [3.05, 3.63) is 65.2 Å². The third kappa shape index (κ3) is 4.79. The van der Waals surface area contributed by atoms with Crippen molar-refractivity contribution in [3.8, 4) is 5.75 Å². The lowest BCUT2D eigenvalue weighted by molar-refractivity contribution is -0.137. The molecule has 21 heavy (non-hydrogen) atoms. The first-order chi connectivity index (χ1) is 9.95. The van der Waals surface area contributed by atoms with Gasteiger partial charge < -0.3 is 10.4 Å². The van der Waals surface area contributed by atoms with E-state index < -0.39 is 11.7 Å². The molecule has 0 saturated heterocycles. The average molecular weight is 295 g/mol. The van der Waals surface area contributed by atoms with Crippen molar-refractivity contribution in [2.75, 3.05) is 6.54 Å². The molecule has 0 bridgehead atoms. The molecule has 0 fully saturated rings. The third-order valence-corrected chi connectivity index (χ3v) is 3.08. The van der Waals surface area contributed by atoms with Crippen molar-refractivity contribution in [1.82, 2.24) is 5.32 Å². The molecule has 0 aromatic heterocycles. The van der Waals surface area contributed by atoms with Crippen LogP contribution in [0.1, 0.15) is 16.7 Å². The van der Waals surface area contributed by atoms with Crippen LogP contribution in [0.3, 0.4) is 0 Å². The van der Waals surface area contributed by atoms with Gasteiger partial charge in [-0.2, -0.15) is 13.2 Å². The lowest BCUT2D eigenvalue weighted by Crippen LogP contribution is -2.17. The highest BCUT2D eigenvalue weighted by atomic mass is 19.4. The van der Waals surface area contributed by atoms with Crippen molar-refractivity contribution < 1.29 is 18.3 Å². The summed E-state index contributed by atoms with van der Waals surface area (Å²) >= 11 is 0. The molecule has 0 spiro atoms.